The normalized spacial score (nSPS) is 18.6. The summed E-state index contributed by atoms with van der Waals surface area (Å²) in [4.78, 5) is 20.9. The average molecular weight is 439 g/mol. The molecule has 0 fully saturated rings. The lowest BCUT2D eigenvalue weighted by Crippen LogP contribution is -2.30. The molecular formula is C23H23F2N5O2. The number of rotatable bonds is 5. The number of hydrogen-bond acceptors (Lipinski definition) is 5. The van der Waals surface area contributed by atoms with Crippen LogP contribution in [0.3, 0.4) is 0 Å². The summed E-state index contributed by atoms with van der Waals surface area (Å²) < 4.78 is 35.0. The van der Waals surface area contributed by atoms with Crippen LogP contribution in [-0.4, -0.2) is 39.7 Å². The average Bonchev–Trinajstić information content (AvgIpc) is 3.26. The smallest absolute Gasteiger partial charge is 0.287 e. The predicted octanol–water partition coefficient (Wildman–Crippen LogP) is 3.96. The van der Waals surface area contributed by atoms with Crippen LogP contribution in [0.1, 0.15) is 31.9 Å². The van der Waals surface area contributed by atoms with Gasteiger partial charge in [0.2, 0.25) is 0 Å². The highest BCUT2D eigenvalue weighted by Crippen LogP contribution is 2.31. The van der Waals surface area contributed by atoms with Crippen molar-refractivity contribution in [3.63, 3.8) is 0 Å². The second-order valence-electron chi connectivity index (χ2n) is 7.67. The third-order valence-corrected chi connectivity index (χ3v) is 5.26. The van der Waals surface area contributed by atoms with Crippen molar-refractivity contribution >= 4 is 11.7 Å². The van der Waals surface area contributed by atoms with Gasteiger partial charge >= 0.3 is 0 Å². The summed E-state index contributed by atoms with van der Waals surface area (Å²) in [6.07, 6.45) is 11.3. The molecule has 9 heteroatoms. The molecule has 2 aliphatic rings. The Hall–Kier alpha value is -3.46. The minimum Gasteiger partial charge on any atom is -0.377 e. The van der Waals surface area contributed by atoms with E-state index in [0.29, 0.717) is 47.6 Å². The molecule has 1 aliphatic carbocycles. The van der Waals surface area contributed by atoms with Crippen LogP contribution in [0.15, 0.2) is 71.3 Å². The van der Waals surface area contributed by atoms with Crippen molar-refractivity contribution in [1.29, 1.82) is 0 Å². The summed E-state index contributed by atoms with van der Waals surface area (Å²) in [7, 11) is 1.60. The Morgan fingerprint density at radius 3 is 2.84 bits per heavy atom. The van der Waals surface area contributed by atoms with E-state index in [1.54, 1.807) is 43.8 Å². The fourth-order valence-corrected chi connectivity index (χ4v) is 3.53. The summed E-state index contributed by atoms with van der Waals surface area (Å²) in [5.41, 5.74) is 2.01. The first-order chi connectivity index (χ1) is 15.3. The fraction of sp³-hybridized carbons (Fsp3) is 0.304. The maximum atomic E-state index is 14.3. The van der Waals surface area contributed by atoms with Crippen LogP contribution in [-0.2, 0) is 15.5 Å². The topological polar surface area (TPSA) is 81.4 Å². The van der Waals surface area contributed by atoms with Crippen LogP contribution < -0.4 is 5.32 Å². The summed E-state index contributed by atoms with van der Waals surface area (Å²) in [6, 6.07) is 4.84. The molecule has 0 aromatic carbocycles. The SMILES string of the molecule is COC1C=CC=C(C(=O)NC2=CN=C(n3nc(-c4cccnc4)cc3C(C)(F)F)CC2)C1. The molecule has 0 saturated carbocycles. The van der Waals surface area contributed by atoms with Gasteiger partial charge in [0.1, 0.15) is 11.5 Å². The zero-order valence-electron chi connectivity index (χ0n) is 17.8. The van der Waals surface area contributed by atoms with Gasteiger partial charge in [-0.1, -0.05) is 18.2 Å². The van der Waals surface area contributed by atoms with Crippen molar-refractivity contribution < 1.29 is 18.3 Å². The Kier molecular flexibility index (Phi) is 6.09. The van der Waals surface area contributed by atoms with Gasteiger partial charge in [-0.05, 0) is 24.6 Å². The van der Waals surface area contributed by atoms with E-state index in [1.807, 2.05) is 6.08 Å². The third kappa shape index (κ3) is 4.72. The first kappa shape index (κ1) is 21.8. The molecule has 7 nitrogen and oxygen atoms in total. The van der Waals surface area contributed by atoms with Gasteiger partial charge in [-0.25, -0.2) is 9.67 Å². The van der Waals surface area contributed by atoms with Crippen LogP contribution in [0.4, 0.5) is 8.78 Å². The number of methoxy groups -OCH3 is 1. The van der Waals surface area contributed by atoms with Crippen molar-refractivity contribution in [2.75, 3.05) is 7.11 Å². The molecule has 0 spiro atoms. The van der Waals surface area contributed by atoms with E-state index in [0.717, 1.165) is 6.92 Å². The van der Waals surface area contributed by atoms with Crippen LogP contribution in [0.2, 0.25) is 0 Å². The fourth-order valence-electron chi connectivity index (χ4n) is 3.53. The van der Waals surface area contributed by atoms with Crippen molar-refractivity contribution in [2.24, 2.45) is 4.99 Å². The van der Waals surface area contributed by atoms with Gasteiger partial charge in [0, 0.05) is 62.3 Å². The third-order valence-electron chi connectivity index (χ3n) is 5.26. The van der Waals surface area contributed by atoms with E-state index < -0.39 is 5.92 Å². The molecule has 1 unspecified atom stereocenters. The number of aromatic nitrogens is 3. The molecule has 0 radical (unpaired) electrons. The number of nitrogens with zero attached hydrogens (tertiary/aromatic N) is 4. The van der Waals surface area contributed by atoms with Crippen molar-refractivity contribution in [2.45, 2.75) is 38.2 Å². The number of ether oxygens (including phenoxy) is 1. The molecule has 4 rings (SSSR count). The summed E-state index contributed by atoms with van der Waals surface area (Å²) >= 11 is 0. The number of hydrogen-bond donors (Lipinski definition) is 1. The summed E-state index contributed by atoms with van der Waals surface area (Å²) in [5, 5.41) is 7.22. The van der Waals surface area contributed by atoms with Crippen LogP contribution in [0.5, 0.6) is 0 Å². The zero-order valence-corrected chi connectivity index (χ0v) is 17.8. The minimum atomic E-state index is -3.10. The van der Waals surface area contributed by atoms with E-state index in [-0.39, 0.29) is 17.7 Å². The lowest BCUT2D eigenvalue weighted by Gasteiger charge is -2.20. The zero-order chi connectivity index (χ0) is 22.7. The van der Waals surface area contributed by atoms with Crippen molar-refractivity contribution in [1.82, 2.24) is 20.1 Å². The molecule has 3 heterocycles. The minimum absolute atomic E-state index is 0.131. The van der Waals surface area contributed by atoms with Crippen molar-refractivity contribution in [3.8, 4) is 11.3 Å². The monoisotopic (exact) mass is 439 g/mol. The second-order valence-corrected chi connectivity index (χ2v) is 7.67. The number of carbonyl (C=O) groups excluding carboxylic acids is 1. The number of nitrogens with one attached hydrogen (secondary N) is 1. The van der Waals surface area contributed by atoms with Gasteiger partial charge in [0.05, 0.1) is 11.8 Å². The molecule has 2 aromatic rings. The molecule has 2 aromatic heterocycles. The number of carbonyl (C=O) groups is 1. The predicted molar refractivity (Wildman–Crippen MR) is 116 cm³/mol. The van der Waals surface area contributed by atoms with Crippen LogP contribution >= 0.6 is 0 Å². The highest BCUT2D eigenvalue weighted by atomic mass is 19.3. The Labute approximate surface area is 184 Å². The highest BCUT2D eigenvalue weighted by Gasteiger charge is 2.32. The first-order valence-electron chi connectivity index (χ1n) is 10.2. The lowest BCUT2D eigenvalue weighted by atomic mass is 10.0. The molecule has 166 valence electrons. The number of halogens is 2. The van der Waals surface area contributed by atoms with Gasteiger partial charge in [-0.3, -0.25) is 9.78 Å². The number of alkyl halides is 2. The number of allylic oxidation sites excluding steroid dienone is 3. The molecule has 1 atom stereocenters. The van der Waals surface area contributed by atoms with Gasteiger partial charge < -0.3 is 10.1 Å². The van der Waals surface area contributed by atoms with E-state index in [4.69, 9.17) is 4.74 Å². The van der Waals surface area contributed by atoms with Gasteiger partial charge in [-0.2, -0.15) is 13.9 Å². The standard InChI is InChI=1S/C23H23F2N5O2/c1-23(24,25)20-12-19(16-6-4-10-26-13-16)29-30(20)21-9-8-17(14-27-21)28-22(31)15-5-3-7-18(11-15)32-2/h3-7,10,12-14,18H,8-9,11H2,1-2H3,(H,28,31). The molecule has 1 N–H and O–H groups in total. The molecule has 32 heavy (non-hydrogen) atoms. The van der Waals surface area contributed by atoms with E-state index >= 15 is 0 Å². The Balaban J connectivity index is 1.55. The Morgan fingerprint density at radius 1 is 1.34 bits per heavy atom. The first-order valence-corrected chi connectivity index (χ1v) is 10.2. The van der Waals surface area contributed by atoms with Crippen LogP contribution in [0.25, 0.3) is 11.3 Å². The van der Waals surface area contributed by atoms with Gasteiger partial charge in [-0.15, -0.1) is 0 Å². The Morgan fingerprint density at radius 2 is 2.19 bits per heavy atom. The number of amides is 1. The molecule has 1 amide bonds. The largest absolute Gasteiger partial charge is 0.377 e. The second kappa shape index (κ2) is 8.96. The van der Waals surface area contributed by atoms with Crippen molar-refractivity contribution in [3.05, 3.63) is 72.0 Å². The quantitative estimate of drug-likeness (QED) is 0.765. The molecule has 0 bridgehead atoms. The number of aliphatic imine (C=N–C) groups is 1. The summed E-state index contributed by atoms with van der Waals surface area (Å²) in [6.45, 7) is 0.831. The van der Waals surface area contributed by atoms with E-state index in [2.05, 4.69) is 20.4 Å². The van der Waals surface area contributed by atoms with E-state index in [9.17, 15) is 13.6 Å². The summed E-state index contributed by atoms with van der Waals surface area (Å²) in [5.74, 6) is -2.94. The number of pyridine rings is 1. The maximum Gasteiger partial charge on any atom is 0.287 e. The van der Waals surface area contributed by atoms with Gasteiger partial charge in [0.25, 0.3) is 11.8 Å². The lowest BCUT2D eigenvalue weighted by molar-refractivity contribution is -0.117. The molecule has 1 aliphatic heterocycles. The molecule has 0 saturated heterocycles. The Bertz CT molecular complexity index is 1130. The molecular weight excluding hydrogens is 416 g/mol. The van der Waals surface area contributed by atoms with Crippen LogP contribution in [0, 0.1) is 0 Å². The maximum absolute atomic E-state index is 14.3. The van der Waals surface area contributed by atoms with E-state index in [1.165, 1.54) is 16.9 Å². The highest BCUT2D eigenvalue weighted by molar-refractivity contribution is 5.95. The van der Waals surface area contributed by atoms with Gasteiger partial charge in [0.15, 0.2) is 0 Å².